The standard InChI is InChI=1S/C17H9Cl13N2/c18-13(19,16(25,26)27)9-6-5-8(7-11(9)14(20,21)17(28,29)30)31-32-12-4-2-1-3-10(12)15(22,23)24/h1-7,31-32H. The molecule has 178 valence electrons. The molecule has 0 bridgehead atoms. The topological polar surface area (TPSA) is 24.1 Å². The molecule has 0 fully saturated rings. The van der Waals surface area contributed by atoms with Crippen molar-refractivity contribution in [3.63, 3.8) is 0 Å². The molecular formula is C17H9Cl13N2. The molecule has 0 aliphatic heterocycles. The monoisotopic (exact) mass is 696 g/mol. The van der Waals surface area contributed by atoms with Crippen molar-refractivity contribution in [3.05, 3.63) is 59.2 Å². The third-order valence-corrected chi connectivity index (χ3v) is 9.40. The Kier molecular flexibility index (Phi) is 10.0. The van der Waals surface area contributed by atoms with Gasteiger partial charge in [0.15, 0.2) is 8.67 Å². The van der Waals surface area contributed by atoms with Gasteiger partial charge in [-0.15, -0.1) is 0 Å². The number of hydrogen-bond acceptors (Lipinski definition) is 2. The zero-order chi connectivity index (χ0) is 24.8. The average Bonchev–Trinajstić information content (AvgIpc) is 2.63. The van der Waals surface area contributed by atoms with Gasteiger partial charge in [0.2, 0.25) is 11.4 Å². The lowest BCUT2D eigenvalue weighted by Gasteiger charge is -2.35. The first-order valence-corrected chi connectivity index (χ1v) is 12.9. The van der Waals surface area contributed by atoms with Crippen LogP contribution in [0.5, 0.6) is 0 Å². The molecule has 0 heterocycles. The van der Waals surface area contributed by atoms with Crippen molar-refractivity contribution in [2.75, 3.05) is 10.9 Å². The van der Waals surface area contributed by atoms with Crippen molar-refractivity contribution in [1.29, 1.82) is 0 Å². The molecule has 0 spiro atoms. The van der Waals surface area contributed by atoms with E-state index < -0.39 is 20.0 Å². The van der Waals surface area contributed by atoms with Gasteiger partial charge in [-0.3, -0.25) is 0 Å². The summed E-state index contributed by atoms with van der Waals surface area (Å²) in [6, 6.07) is 11.1. The third kappa shape index (κ3) is 6.76. The minimum atomic E-state index is -2.23. The summed E-state index contributed by atoms with van der Waals surface area (Å²) in [5.41, 5.74) is 6.98. The number of benzene rings is 2. The fraction of sp³-hybridized carbons (Fsp3) is 0.294. The van der Waals surface area contributed by atoms with Crippen LogP contribution in [0.3, 0.4) is 0 Å². The molecule has 32 heavy (non-hydrogen) atoms. The zero-order valence-corrected chi connectivity index (χ0v) is 24.8. The van der Waals surface area contributed by atoms with Gasteiger partial charge in [-0.1, -0.05) is 175 Å². The lowest BCUT2D eigenvalue weighted by Crippen LogP contribution is -2.35. The Hall–Kier alpha value is 1.81. The van der Waals surface area contributed by atoms with Crippen LogP contribution >= 0.6 is 151 Å². The second-order valence-corrected chi connectivity index (χ2v) is 15.7. The highest BCUT2D eigenvalue weighted by atomic mass is 35.6. The van der Waals surface area contributed by atoms with Gasteiger partial charge in [-0.05, 0) is 23.8 Å². The number of hydrazine groups is 1. The summed E-state index contributed by atoms with van der Waals surface area (Å²) in [7, 11) is 0. The van der Waals surface area contributed by atoms with E-state index in [9.17, 15) is 0 Å². The van der Waals surface area contributed by atoms with Gasteiger partial charge in [0, 0.05) is 11.1 Å². The maximum atomic E-state index is 6.40. The van der Waals surface area contributed by atoms with E-state index in [1.807, 2.05) is 0 Å². The predicted molar refractivity (Wildman–Crippen MR) is 147 cm³/mol. The van der Waals surface area contributed by atoms with E-state index in [-0.39, 0.29) is 11.1 Å². The fourth-order valence-corrected chi connectivity index (χ4v) is 4.19. The van der Waals surface area contributed by atoms with E-state index in [0.717, 1.165) is 0 Å². The Morgan fingerprint density at radius 1 is 0.500 bits per heavy atom. The fourth-order valence-electron chi connectivity index (χ4n) is 2.44. The van der Waals surface area contributed by atoms with Crippen LogP contribution in [0.25, 0.3) is 0 Å². The van der Waals surface area contributed by atoms with E-state index in [1.54, 1.807) is 24.3 Å². The van der Waals surface area contributed by atoms with Crippen LogP contribution in [-0.2, 0) is 12.5 Å². The molecule has 2 nitrogen and oxygen atoms in total. The summed E-state index contributed by atoms with van der Waals surface area (Å²) in [4.78, 5) is 0. The van der Waals surface area contributed by atoms with Gasteiger partial charge in [-0.2, -0.15) is 0 Å². The van der Waals surface area contributed by atoms with Gasteiger partial charge < -0.3 is 10.9 Å². The predicted octanol–water partition coefficient (Wildman–Crippen LogP) is 11.0. The van der Waals surface area contributed by atoms with Crippen LogP contribution in [0, 0.1) is 0 Å². The first-order valence-electron chi connectivity index (χ1n) is 8.02. The maximum Gasteiger partial charge on any atom is 0.227 e. The molecule has 15 heteroatoms. The van der Waals surface area contributed by atoms with Crippen molar-refractivity contribution in [1.82, 2.24) is 0 Å². The summed E-state index contributed by atoms with van der Waals surface area (Å²) in [6.07, 6.45) is 0. The van der Waals surface area contributed by atoms with Crippen molar-refractivity contribution >= 4 is 162 Å². The lowest BCUT2D eigenvalue weighted by atomic mass is 10.0. The van der Waals surface area contributed by atoms with E-state index >= 15 is 0 Å². The summed E-state index contributed by atoms with van der Waals surface area (Å²) >= 11 is 79.3. The highest BCUT2D eigenvalue weighted by Crippen LogP contribution is 2.60. The maximum absolute atomic E-state index is 6.40. The van der Waals surface area contributed by atoms with Crippen molar-refractivity contribution in [3.8, 4) is 0 Å². The molecule has 2 rings (SSSR count). The van der Waals surface area contributed by atoms with Crippen LogP contribution < -0.4 is 10.9 Å². The normalized spacial score (nSPS) is 13.8. The Morgan fingerprint density at radius 3 is 1.50 bits per heavy atom. The smallest absolute Gasteiger partial charge is 0.227 e. The molecule has 0 amide bonds. The largest absolute Gasteiger partial charge is 0.301 e. The van der Waals surface area contributed by atoms with Crippen molar-refractivity contribution in [2.24, 2.45) is 0 Å². The number of alkyl halides is 13. The first-order chi connectivity index (χ1) is 14.3. The third-order valence-electron chi connectivity index (χ3n) is 3.98. The molecule has 2 N–H and O–H groups in total. The molecule has 0 saturated heterocycles. The Balaban J connectivity index is 2.54. The SMILES string of the molecule is ClC(Cl)(Cl)c1ccccc1NNc1ccc(C(Cl)(Cl)C(Cl)(Cl)Cl)c(C(Cl)(Cl)C(Cl)(Cl)Cl)c1. The number of para-hydroxylation sites is 1. The minimum Gasteiger partial charge on any atom is -0.301 e. The molecule has 0 saturated carbocycles. The molecular weight excluding hydrogens is 693 g/mol. The molecule has 2 aromatic rings. The molecule has 0 aromatic heterocycles. The van der Waals surface area contributed by atoms with Crippen LogP contribution in [-0.4, -0.2) is 7.59 Å². The molecule has 0 aliphatic rings. The first kappa shape index (κ1) is 30.0. The number of nitrogens with one attached hydrogen (secondary N) is 2. The van der Waals surface area contributed by atoms with Crippen molar-refractivity contribution in [2.45, 2.75) is 20.0 Å². The quantitative estimate of drug-likeness (QED) is 0.240. The number of rotatable bonds is 5. The number of hydrogen-bond donors (Lipinski definition) is 2. The van der Waals surface area contributed by atoms with E-state index in [1.165, 1.54) is 18.2 Å². The van der Waals surface area contributed by atoms with Crippen LogP contribution in [0.1, 0.15) is 16.7 Å². The van der Waals surface area contributed by atoms with Gasteiger partial charge in [0.05, 0.1) is 11.4 Å². The summed E-state index contributed by atoms with van der Waals surface area (Å²) in [5, 5.41) is 0. The Bertz CT molecular complexity index is 958. The van der Waals surface area contributed by atoms with Crippen LogP contribution in [0.15, 0.2) is 42.5 Å². The number of anilines is 2. The Morgan fingerprint density at radius 2 is 1.00 bits per heavy atom. The summed E-state index contributed by atoms with van der Waals surface area (Å²) < 4.78 is -10.4. The molecule has 0 aliphatic carbocycles. The van der Waals surface area contributed by atoms with E-state index in [2.05, 4.69) is 10.9 Å². The average molecular weight is 702 g/mol. The lowest BCUT2D eigenvalue weighted by molar-refractivity contribution is 0.802. The van der Waals surface area contributed by atoms with Gasteiger partial charge in [-0.25, -0.2) is 0 Å². The van der Waals surface area contributed by atoms with Gasteiger partial charge >= 0.3 is 0 Å². The van der Waals surface area contributed by atoms with Crippen LogP contribution in [0.4, 0.5) is 11.4 Å². The Labute approximate surface area is 249 Å². The van der Waals surface area contributed by atoms with E-state index in [4.69, 9.17) is 151 Å². The summed E-state index contributed by atoms with van der Waals surface area (Å²) in [6.45, 7) is 0. The molecule has 0 radical (unpaired) electrons. The van der Waals surface area contributed by atoms with Crippen LogP contribution in [0.2, 0.25) is 0 Å². The second-order valence-electron chi connectivity index (χ2n) is 6.20. The zero-order valence-electron chi connectivity index (χ0n) is 15.0. The molecule has 0 unspecified atom stereocenters. The number of halogens is 13. The van der Waals surface area contributed by atoms with E-state index in [0.29, 0.717) is 16.9 Å². The van der Waals surface area contributed by atoms with Gasteiger partial charge in [0.25, 0.3) is 0 Å². The van der Waals surface area contributed by atoms with Crippen molar-refractivity contribution < 1.29 is 0 Å². The minimum absolute atomic E-state index is 0.00981. The highest BCUT2D eigenvalue weighted by Gasteiger charge is 2.54. The molecule has 2 aromatic carbocycles. The highest BCUT2D eigenvalue weighted by molar-refractivity contribution is 6.76. The molecule has 0 atom stereocenters. The second kappa shape index (κ2) is 10.7. The van der Waals surface area contributed by atoms with Gasteiger partial charge in [0.1, 0.15) is 0 Å². The summed E-state index contributed by atoms with van der Waals surface area (Å²) in [5.74, 6) is 0.